The Balaban J connectivity index is 2.25. The Morgan fingerprint density at radius 3 is 2.21 bits per heavy atom. The molecule has 4 N–H and O–H groups in total. The highest BCUT2D eigenvalue weighted by Crippen LogP contribution is 2.32. The van der Waals surface area contributed by atoms with Crippen molar-refractivity contribution in [1.29, 1.82) is 0 Å². The molecule has 132 valence electrons. The standard InChI is InChI=1S/C12H14N2O10/c15-4-8-9(16)10(17)11(18)12(24-8)23-5-1-2-6(13(19)20)7(3-5)14(21)22/h1-3,8-12,15-18H,4H2/t8-,9+,10+,11-,12+/m1/s1. The zero-order chi connectivity index (χ0) is 18.0. The van der Waals surface area contributed by atoms with E-state index >= 15 is 0 Å². The summed E-state index contributed by atoms with van der Waals surface area (Å²) in [5, 5.41) is 59.8. The second kappa shape index (κ2) is 7.02. The Morgan fingerprint density at radius 1 is 1.04 bits per heavy atom. The predicted octanol–water partition coefficient (Wildman–Crippen LogP) is -1.32. The van der Waals surface area contributed by atoms with Gasteiger partial charge in [0.15, 0.2) is 0 Å². The van der Waals surface area contributed by atoms with Crippen molar-refractivity contribution in [2.75, 3.05) is 6.61 Å². The summed E-state index contributed by atoms with van der Waals surface area (Å²) in [4.78, 5) is 19.7. The molecule has 1 aliphatic heterocycles. The fourth-order valence-electron chi connectivity index (χ4n) is 2.18. The zero-order valence-corrected chi connectivity index (χ0v) is 12.0. The lowest BCUT2D eigenvalue weighted by Crippen LogP contribution is -2.60. The lowest BCUT2D eigenvalue weighted by Gasteiger charge is -2.39. The van der Waals surface area contributed by atoms with Crippen LogP contribution < -0.4 is 4.74 Å². The van der Waals surface area contributed by atoms with Crippen LogP contribution in [0.3, 0.4) is 0 Å². The van der Waals surface area contributed by atoms with Gasteiger partial charge in [0.05, 0.1) is 22.5 Å². The zero-order valence-electron chi connectivity index (χ0n) is 12.0. The Kier molecular flexibility index (Phi) is 5.26. The quantitative estimate of drug-likeness (QED) is 0.368. The molecular weight excluding hydrogens is 332 g/mol. The molecule has 24 heavy (non-hydrogen) atoms. The number of ether oxygens (including phenoxy) is 2. The molecule has 0 spiro atoms. The maximum Gasteiger partial charge on any atom is 0.349 e. The SMILES string of the molecule is O=[N+]([O-])c1ccc(O[C@H]2O[C@H](CO)[C@H](O)[C@H](O)[C@H]2O)cc1[N+](=O)[O-]. The summed E-state index contributed by atoms with van der Waals surface area (Å²) in [5.74, 6) is -0.239. The van der Waals surface area contributed by atoms with Crippen LogP contribution in [0.15, 0.2) is 18.2 Å². The molecule has 1 fully saturated rings. The third-order valence-electron chi connectivity index (χ3n) is 3.44. The van der Waals surface area contributed by atoms with Gasteiger partial charge < -0.3 is 29.9 Å². The number of nitrogens with zero attached hydrogens (tertiary/aromatic N) is 2. The van der Waals surface area contributed by atoms with Crippen LogP contribution in [-0.2, 0) is 4.74 Å². The second-order valence-corrected chi connectivity index (χ2v) is 4.98. The maximum atomic E-state index is 10.9. The van der Waals surface area contributed by atoms with E-state index < -0.39 is 58.5 Å². The van der Waals surface area contributed by atoms with E-state index in [1.807, 2.05) is 0 Å². The minimum Gasteiger partial charge on any atom is -0.462 e. The van der Waals surface area contributed by atoms with Crippen molar-refractivity contribution in [1.82, 2.24) is 0 Å². The van der Waals surface area contributed by atoms with Crippen molar-refractivity contribution in [2.24, 2.45) is 0 Å². The van der Waals surface area contributed by atoms with Crippen molar-refractivity contribution in [3.05, 3.63) is 38.4 Å². The van der Waals surface area contributed by atoms with Gasteiger partial charge in [-0.2, -0.15) is 0 Å². The van der Waals surface area contributed by atoms with Gasteiger partial charge in [0.25, 0.3) is 0 Å². The number of aliphatic hydroxyl groups excluding tert-OH is 4. The van der Waals surface area contributed by atoms with Gasteiger partial charge in [0.2, 0.25) is 6.29 Å². The molecule has 1 heterocycles. The molecule has 0 aromatic heterocycles. The molecule has 1 aromatic rings. The second-order valence-electron chi connectivity index (χ2n) is 4.98. The predicted molar refractivity (Wildman–Crippen MR) is 74.1 cm³/mol. The highest BCUT2D eigenvalue weighted by atomic mass is 16.7. The molecule has 12 heteroatoms. The largest absolute Gasteiger partial charge is 0.462 e. The normalized spacial score (nSPS) is 29.9. The summed E-state index contributed by atoms with van der Waals surface area (Å²) in [6.07, 6.45) is -7.76. The first-order valence-corrected chi connectivity index (χ1v) is 6.66. The van der Waals surface area contributed by atoms with Crippen LogP contribution in [0, 0.1) is 20.2 Å². The van der Waals surface area contributed by atoms with Gasteiger partial charge in [-0.15, -0.1) is 0 Å². The van der Waals surface area contributed by atoms with E-state index in [0.717, 1.165) is 18.2 Å². The Hall–Kier alpha value is -2.38. The van der Waals surface area contributed by atoms with E-state index in [9.17, 15) is 35.5 Å². The van der Waals surface area contributed by atoms with Crippen LogP contribution in [0.1, 0.15) is 0 Å². The molecule has 0 saturated carbocycles. The topological polar surface area (TPSA) is 186 Å². The molecule has 1 aliphatic rings. The average Bonchev–Trinajstić information content (AvgIpc) is 2.55. The van der Waals surface area contributed by atoms with E-state index in [1.165, 1.54) is 0 Å². The molecule has 0 amide bonds. The number of nitro benzene ring substituents is 2. The third kappa shape index (κ3) is 3.42. The minimum absolute atomic E-state index is 0.239. The van der Waals surface area contributed by atoms with E-state index in [-0.39, 0.29) is 5.75 Å². The Labute approximate surface area is 133 Å². The van der Waals surface area contributed by atoms with E-state index in [0.29, 0.717) is 0 Å². The van der Waals surface area contributed by atoms with Crippen molar-refractivity contribution in [3.63, 3.8) is 0 Å². The summed E-state index contributed by atoms with van der Waals surface area (Å²) < 4.78 is 10.2. The number of aliphatic hydroxyl groups is 4. The van der Waals surface area contributed by atoms with Crippen LogP contribution in [0.2, 0.25) is 0 Å². The van der Waals surface area contributed by atoms with Gasteiger partial charge in [0, 0.05) is 6.07 Å². The number of nitro groups is 2. The number of benzene rings is 1. The molecule has 0 radical (unpaired) electrons. The molecule has 1 aromatic carbocycles. The molecule has 0 aliphatic carbocycles. The van der Waals surface area contributed by atoms with Gasteiger partial charge in [-0.1, -0.05) is 0 Å². The summed E-state index contributed by atoms with van der Waals surface area (Å²) in [5.41, 5.74) is -1.58. The average molecular weight is 346 g/mol. The van der Waals surface area contributed by atoms with Crippen LogP contribution in [0.4, 0.5) is 11.4 Å². The molecule has 0 unspecified atom stereocenters. The first kappa shape index (κ1) is 18.0. The maximum absolute atomic E-state index is 10.9. The molecule has 12 nitrogen and oxygen atoms in total. The summed E-state index contributed by atoms with van der Waals surface area (Å²) in [6.45, 7) is -0.675. The highest BCUT2D eigenvalue weighted by Gasteiger charge is 2.44. The monoisotopic (exact) mass is 346 g/mol. The summed E-state index contributed by atoms with van der Waals surface area (Å²) >= 11 is 0. The Morgan fingerprint density at radius 2 is 1.67 bits per heavy atom. The third-order valence-corrected chi connectivity index (χ3v) is 3.44. The molecule has 1 saturated heterocycles. The van der Waals surface area contributed by atoms with Gasteiger partial charge in [-0.3, -0.25) is 20.2 Å². The van der Waals surface area contributed by atoms with Gasteiger partial charge >= 0.3 is 11.4 Å². The van der Waals surface area contributed by atoms with Crippen LogP contribution in [0.25, 0.3) is 0 Å². The first-order chi connectivity index (χ1) is 11.3. The Bertz CT molecular complexity index is 636. The summed E-state index contributed by atoms with van der Waals surface area (Å²) in [7, 11) is 0. The van der Waals surface area contributed by atoms with Crippen molar-refractivity contribution in [2.45, 2.75) is 30.7 Å². The van der Waals surface area contributed by atoms with Crippen molar-refractivity contribution in [3.8, 4) is 5.75 Å². The molecular formula is C12H14N2O10. The minimum atomic E-state index is -1.71. The van der Waals surface area contributed by atoms with Crippen LogP contribution in [0.5, 0.6) is 5.75 Å². The van der Waals surface area contributed by atoms with Crippen LogP contribution >= 0.6 is 0 Å². The molecule has 0 bridgehead atoms. The van der Waals surface area contributed by atoms with Gasteiger partial charge in [-0.05, 0) is 6.07 Å². The van der Waals surface area contributed by atoms with E-state index in [2.05, 4.69) is 0 Å². The van der Waals surface area contributed by atoms with Crippen molar-refractivity contribution < 1.29 is 39.7 Å². The fourth-order valence-corrected chi connectivity index (χ4v) is 2.18. The lowest BCUT2D eigenvalue weighted by atomic mass is 9.99. The number of rotatable bonds is 5. The van der Waals surface area contributed by atoms with Gasteiger partial charge in [-0.25, -0.2) is 0 Å². The van der Waals surface area contributed by atoms with Crippen LogP contribution in [-0.4, -0.2) is 67.6 Å². The highest BCUT2D eigenvalue weighted by molar-refractivity contribution is 5.55. The summed E-state index contributed by atoms with van der Waals surface area (Å²) in [6, 6.07) is 2.66. The van der Waals surface area contributed by atoms with Gasteiger partial charge in [0.1, 0.15) is 30.2 Å². The first-order valence-electron chi connectivity index (χ1n) is 6.66. The molecule has 5 atom stereocenters. The number of hydrogen-bond acceptors (Lipinski definition) is 10. The lowest BCUT2D eigenvalue weighted by molar-refractivity contribution is -0.422. The number of hydrogen-bond donors (Lipinski definition) is 4. The van der Waals surface area contributed by atoms with E-state index in [4.69, 9.17) is 14.6 Å². The van der Waals surface area contributed by atoms with Crippen molar-refractivity contribution >= 4 is 11.4 Å². The smallest absolute Gasteiger partial charge is 0.349 e. The van der Waals surface area contributed by atoms with E-state index in [1.54, 1.807) is 0 Å². The fraction of sp³-hybridized carbons (Fsp3) is 0.500. The molecule has 2 rings (SSSR count).